The van der Waals surface area contributed by atoms with Crippen LogP contribution in [0, 0.1) is 11.8 Å². The highest BCUT2D eigenvalue weighted by molar-refractivity contribution is 4.81. The highest BCUT2D eigenvalue weighted by atomic mass is 16.5. The van der Waals surface area contributed by atoms with E-state index in [0.717, 1.165) is 18.4 Å². The van der Waals surface area contributed by atoms with Crippen molar-refractivity contribution in [2.75, 3.05) is 13.7 Å². The Labute approximate surface area is 94.6 Å². The Morgan fingerprint density at radius 2 is 2.07 bits per heavy atom. The van der Waals surface area contributed by atoms with Crippen LogP contribution in [0.4, 0.5) is 0 Å². The van der Waals surface area contributed by atoms with E-state index in [1.807, 2.05) is 0 Å². The third-order valence-electron chi connectivity index (χ3n) is 3.90. The van der Waals surface area contributed by atoms with Gasteiger partial charge in [0.2, 0.25) is 0 Å². The summed E-state index contributed by atoms with van der Waals surface area (Å²) in [4.78, 5) is 0. The van der Waals surface area contributed by atoms with Crippen LogP contribution in [0.25, 0.3) is 0 Å². The lowest BCUT2D eigenvalue weighted by Crippen LogP contribution is -2.36. The minimum absolute atomic E-state index is 0.468. The quantitative estimate of drug-likeness (QED) is 0.688. The van der Waals surface area contributed by atoms with Crippen molar-refractivity contribution in [2.24, 2.45) is 17.6 Å². The van der Waals surface area contributed by atoms with Gasteiger partial charge in [-0.05, 0) is 43.9 Å². The van der Waals surface area contributed by atoms with Gasteiger partial charge in [0.1, 0.15) is 0 Å². The number of nitrogens with two attached hydrogens (primary N) is 1. The molecule has 1 rings (SSSR count). The first-order valence-corrected chi connectivity index (χ1v) is 6.52. The lowest BCUT2D eigenvalue weighted by atomic mass is 9.75. The Kier molecular flexibility index (Phi) is 6.26. The summed E-state index contributed by atoms with van der Waals surface area (Å²) >= 11 is 0. The lowest BCUT2D eigenvalue weighted by Gasteiger charge is -2.33. The van der Waals surface area contributed by atoms with Crippen LogP contribution < -0.4 is 5.73 Å². The Morgan fingerprint density at radius 1 is 1.27 bits per heavy atom. The maximum absolute atomic E-state index is 6.18. The average Bonchev–Trinajstić information content (AvgIpc) is 2.26. The molecule has 0 aliphatic heterocycles. The number of unbranched alkanes of at least 4 members (excludes halogenated alkanes) is 1. The predicted molar refractivity (Wildman–Crippen MR) is 64.8 cm³/mol. The second-order valence-electron chi connectivity index (χ2n) is 5.00. The van der Waals surface area contributed by atoms with Gasteiger partial charge >= 0.3 is 0 Å². The van der Waals surface area contributed by atoms with Crippen LogP contribution in [0.1, 0.15) is 51.9 Å². The van der Waals surface area contributed by atoms with E-state index in [-0.39, 0.29) is 0 Å². The summed E-state index contributed by atoms with van der Waals surface area (Å²) in [5.74, 6) is 1.72. The fourth-order valence-electron chi connectivity index (χ4n) is 2.74. The highest BCUT2D eigenvalue weighted by Crippen LogP contribution is 2.33. The molecule has 2 N–H and O–H groups in total. The van der Waals surface area contributed by atoms with Crippen molar-refractivity contribution >= 4 is 0 Å². The molecule has 0 radical (unpaired) electrons. The Hall–Kier alpha value is -0.0800. The standard InChI is InChI=1S/C13H27NO/c1-3-11-7-8-13(14)12(10-11)6-4-5-9-15-2/h11-13H,3-10,14H2,1-2H3. The molecule has 0 spiro atoms. The topological polar surface area (TPSA) is 35.2 Å². The zero-order valence-corrected chi connectivity index (χ0v) is 10.4. The molecule has 0 bridgehead atoms. The molecule has 0 aromatic carbocycles. The summed E-state index contributed by atoms with van der Waals surface area (Å²) in [6, 6.07) is 0.468. The van der Waals surface area contributed by atoms with Crippen molar-refractivity contribution in [3.63, 3.8) is 0 Å². The second kappa shape index (κ2) is 7.24. The van der Waals surface area contributed by atoms with Crippen LogP contribution >= 0.6 is 0 Å². The van der Waals surface area contributed by atoms with E-state index in [1.165, 1.54) is 44.9 Å². The smallest absolute Gasteiger partial charge is 0.0462 e. The summed E-state index contributed by atoms with van der Waals surface area (Å²) in [7, 11) is 1.78. The molecule has 1 saturated carbocycles. The van der Waals surface area contributed by atoms with E-state index in [0.29, 0.717) is 6.04 Å². The fraction of sp³-hybridized carbons (Fsp3) is 1.00. The first-order valence-electron chi connectivity index (χ1n) is 6.52. The number of hydrogen-bond acceptors (Lipinski definition) is 2. The second-order valence-corrected chi connectivity index (χ2v) is 5.00. The summed E-state index contributed by atoms with van der Waals surface area (Å²) in [6.45, 7) is 3.21. The first-order chi connectivity index (χ1) is 7.27. The monoisotopic (exact) mass is 213 g/mol. The molecule has 15 heavy (non-hydrogen) atoms. The van der Waals surface area contributed by atoms with E-state index >= 15 is 0 Å². The van der Waals surface area contributed by atoms with Gasteiger partial charge in [0.25, 0.3) is 0 Å². The van der Waals surface area contributed by atoms with Crippen LogP contribution in [0.5, 0.6) is 0 Å². The van der Waals surface area contributed by atoms with E-state index in [1.54, 1.807) is 7.11 Å². The van der Waals surface area contributed by atoms with Crippen molar-refractivity contribution < 1.29 is 4.74 Å². The molecule has 2 heteroatoms. The summed E-state index contributed by atoms with van der Waals surface area (Å²) in [5, 5.41) is 0. The summed E-state index contributed by atoms with van der Waals surface area (Å²) in [6.07, 6.45) is 9.08. The maximum atomic E-state index is 6.18. The molecule has 1 aliphatic carbocycles. The third kappa shape index (κ3) is 4.52. The van der Waals surface area contributed by atoms with Gasteiger partial charge in [0.05, 0.1) is 0 Å². The number of ether oxygens (including phenoxy) is 1. The van der Waals surface area contributed by atoms with Gasteiger partial charge in [-0.1, -0.05) is 19.8 Å². The number of hydrogen-bond donors (Lipinski definition) is 1. The lowest BCUT2D eigenvalue weighted by molar-refractivity contribution is 0.178. The molecule has 1 aliphatic rings. The van der Waals surface area contributed by atoms with Crippen LogP contribution in [0.15, 0.2) is 0 Å². The van der Waals surface area contributed by atoms with Gasteiger partial charge in [-0.3, -0.25) is 0 Å². The molecule has 0 saturated heterocycles. The van der Waals surface area contributed by atoms with Crippen molar-refractivity contribution in [3.05, 3.63) is 0 Å². The molecule has 3 unspecified atom stereocenters. The minimum Gasteiger partial charge on any atom is -0.385 e. The molecule has 0 aromatic rings. The van der Waals surface area contributed by atoms with Gasteiger partial charge in [0, 0.05) is 19.8 Å². The molecule has 90 valence electrons. The SMILES string of the molecule is CCC1CCC(N)C(CCCCOC)C1. The summed E-state index contributed by atoms with van der Waals surface area (Å²) in [5.41, 5.74) is 6.18. The van der Waals surface area contributed by atoms with Crippen LogP contribution in [-0.2, 0) is 4.74 Å². The molecular weight excluding hydrogens is 186 g/mol. The van der Waals surface area contributed by atoms with Gasteiger partial charge in [0.15, 0.2) is 0 Å². The number of rotatable bonds is 6. The minimum atomic E-state index is 0.468. The van der Waals surface area contributed by atoms with E-state index in [9.17, 15) is 0 Å². The zero-order valence-electron chi connectivity index (χ0n) is 10.4. The van der Waals surface area contributed by atoms with E-state index in [4.69, 9.17) is 10.5 Å². The van der Waals surface area contributed by atoms with Crippen molar-refractivity contribution in [3.8, 4) is 0 Å². The third-order valence-corrected chi connectivity index (χ3v) is 3.90. The van der Waals surface area contributed by atoms with E-state index < -0.39 is 0 Å². The largest absolute Gasteiger partial charge is 0.385 e. The number of methoxy groups -OCH3 is 1. The van der Waals surface area contributed by atoms with E-state index in [2.05, 4.69) is 6.92 Å². The van der Waals surface area contributed by atoms with Crippen molar-refractivity contribution in [2.45, 2.75) is 57.9 Å². The molecule has 1 fully saturated rings. The Balaban J connectivity index is 2.19. The molecular formula is C13H27NO. The molecule has 0 heterocycles. The van der Waals surface area contributed by atoms with Gasteiger partial charge in [-0.15, -0.1) is 0 Å². The normalized spacial score (nSPS) is 31.8. The maximum Gasteiger partial charge on any atom is 0.0462 e. The molecule has 0 amide bonds. The van der Waals surface area contributed by atoms with Gasteiger partial charge in [-0.2, -0.15) is 0 Å². The van der Waals surface area contributed by atoms with Crippen LogP contribution in [0.2, 0.25) is 0 Å². The Bertz CT molecular complexity index is 161. The summed E-state index contributed by atoms with van der Waals surface area (Å²) < 4.78 is 5.07. The highest BCUT2D eigenvalue weighted by Gasteiger charge is 2.26. The fourth-order valence-corrected chi connectivity index (χ4v) is 2.74. The zero-order chi connectivity index (χ0) is 11.1. The Morgan fingerprint density at radius 3 is 2.73 bits per heavy atom. The van der Waals surface area contributed by atoms with Crippen LogP contribution in [-0.4, -0.2) is 19.8 Å². The predicted octanol–water partition coefficient (Wildman–Crippen LogP) is 2.96. The molecule has 2 nitrogen and oxygen atoms in total. The van der Waals surface area contributed by atoms with Crippen molar-refractivity contribution in [1.82, 2.24) is 0 Å². The van der Waals surface area contributed by atoms with Gasteiger partial charge < -0.3 is 10.5 Å². The van der Waals surface area contributed by atoms with Gasteiger partial charge in [-0.25, -0.2) is 0 Å². The average molecular weight is 213 g/mol. The molecule has 3 atom stereocenters. The molecule has 0 aromatic heterocycles. The van der Waals surface area contributed by atoms with Crippen molar-refractivity contribution in [1.29, 1.82) is 0 Å². The first kappa shape index (κ1) is 13.0. The van der Waals surface area contributed by atoms with Crippen LogP contribution in [0.3, 0.4) is 0 Å².